The Bertz CT molecular complexity index is 710. The molecule has 20 heavy (non-hydrogen) atoms. The van der Waals surface area contributed by atoms with Gasteiger partial charge in [0.15, 0.2) is 11.9 Å². The summed E-state index contributed by atoms with van der Waals surface area (Å²) in [5.41, 5.74) is 0.778. The molecule has 1 aliphatic rings. The van der Waals surface area contributed by atoms with E-state index in [1.165, 1.54) is 6.92 Å². The quantitative estimate of drug-likeness (QED) is 0.635. The first-order valence-electron chi connectivity index (χ1n) is 6.38. The molecular formula is C15H13NO4. The maximum atomic E-state index is 11.7. The van der Waals surface area contributed by atoms with Crippen molar-refractivity contribution in [2.75, 3.05) is 6.54 Å². The number of fused-ring (bicyclic) bond motifs is 3. The van der Waals surface area contributed by atoms with Crippen molar-refractivity contribution in [1.82, 2.24) is 0 Å². The maximum absolute atomic E-state index is 11.7. The van der Waals surface area contributed by atoms with E-state index in [-0.39, 0.29) is 17.3 Å². The Balaban J connectivity index is 2.19. The van der Waals surface area contributed by atoms with E-state index in [2.05, 4.69) is 0 Å². The van der Waals surface area contributed by atoms with Crippen LogP contribution in [0, 0.1) is 10.1 Å². The molecule has 5 heteroatoms. The van der Waals surface area contributed by atoms with Gasteiger partial charge in [-0.3, -0.25) is 14.9 Å². The normalized spacial score (nSPS) is 20.4. The lowest BCUT2D eigenvalue weighted by atomic mass is 9.89. The number of carbonyl (C=O) groups is 1. The Labute approximate surface area is 115 Å². The van der Waals surface area contributed by atoms with E-state index in [0.29, 0.717) is 5.75 Å². The molecule has 0 saturated heterocycles. The van der Waals surface area contributed by atoms with Crippen LogP contribution in [0.2, 0.25) is 0 Å². The van der Waals surface area contributed by atoms with Gasteiger partial charge in [0.25, 0.3) is 0 Å². The second-order valence-corrected chi connectivity index (χ2v) is 4.97. The van der Waals surface area contributed by atoms with Crippen molar-refractivity contribution in [2.24, 2.45) is 0 Å². The van der Waals surface area contributed by atoms with Crippen LogP contribution in [0.15, 0.2) is 36.4 Å². The monoisotopic (exact) mass is 271 g/mol. The third kappa shape index (κ3) is 1.91. The van der Waals surface area contributed by atoms with Crippen molar-refractivity contribution in [2.45, 2.75) is 18.9 Å². The fourth-order valence-corrected chi connectivity index (χ4v) is 2.85. The molecule has 0 spiro atoms. The van der Waals surface area contributed by atoms with E-state index < -0.39 is 12.0 Å². The van der Waals surface area contributed by atoms with Crippen LogP contribution in [0.5, 0.6) is 5.75 Å². The number of Topliss-reactive ketones (excluding diaryl/α,β-unsaturated/α-hetero) is 1. The number of hydrogen-bond acceptors (Lipinski definition) is 4. The minimum absolute atomic E-state index is 0.183. The van der Waals surface area contributed by atoms with Gasteiger partial charge in [0.1, 0.15) is 5.75 Å². The molecular weight excluding hydrogens is 258 g/mol. The van der Waals surface area contributed by atoms with Crippen molar-refractivity contribution in [3.05, 3.63) is 52.1 Å². The first kappa shape index (κ1) is 12.6. The van der Waals surface area contributed by atoms with Crippen LogP contribution in [0.4, 0.5) is 0 Å². The first-order chi connectivity index (χ1) is 9.58. The van der Waals surface area contributed by atoms with E-state index in [0.717, 1.165) is 16.3 Å². The number of ketones is 1. The summed E-state index contributed by atoms with van der Waals surface area (Å²) >= 11 is 0. The Morgan fingerprint density at radius 1 is 1.30 bits per heavy atom. The first-order valence-corrected chi connectivity index (χ1v) is 6.38. The van der Waals surface area contributed by atoms with Gasteiger partial charge in [-0.25, -0.2) is 0 Å². The molecule has 2 aromatic carbocycles. The van der Waals surface area contributed by atoms with E-state index in [1.807, 2.05) is 30.3 Å². The Hall–Kier alpha value is -2.43. The number of ether oxygens (including phenoxy) is 1. The molecule has 2 aromatic rings. The summed E-state index contributed by atoms with van der Waals surface area (Å²) in [6, 6.07) is 11.3. The zero-order valence-corrected chi connectivity index (χ0v) is 10.9. The topological polar surface area (TPSA) is 69.4 Å². The Morgan fingerprint density at radius 2 is 2.05 bits per heavy atom. The molecule has 1 aliphatic heterocycles. The SMILES string of the molecule is CC(=O)[C@@H]1Oc2ccc3ccccc3c2[C@H]1C[N+](=O)[O-]. The van der Waals surface area contributed by atoms with Crippen LogP contribution >= 0.6 is 0 Å². The van der Waals surface area contributed by atoms with Crippen molar-refractivity contribution in [3.63, 3.8) is 0 Å². The van der Waals surface area contributed by atoms with Crippen molar-refractivity contribution in [1.29, 1.82) is 0 Å². The summed E-state index contributed by atoms with van der Waals surface area (Å²) in [6.07, 6.45) is -0.763. The predicted octanol–water partition coefficient (Wildman–Crippen LogP) is 2.55. The van der Waals surface area contributed by atoms with Gasteiger partial charge < -0.3 is 4.74 Å². The molecule has 0 fully saturated rings. The highest BCUT2D eigenvalue weighted by Crippen LogP contribution is 2.43. The molecule has 0 aliphatic carbocycles. The highest BCUT2D eigenvalue weighted by atomic mass is 16.6. The minimum Gasteiger partial charge on any atom is -0.481 e. The molecule has 0 radical (unpaired) electrons. The van der Waals surface area contributed by atoms with Gasteiger partial charge >= 0.3 is 0 Å². The molecule has 2 atom stereocenters. The second-order valence-electron chi connectivity index (χ2n) is 4.97. The fourth-order valence-electron chi connectivity index (χ4n) is 2.85. The summed E-state index contributed by atoms with van der Waals surface area (Å²) in [6.45, 7) is 1.11. The van der Waals surface area contributed by atoms with Gasteiger partial charge in [-0.05, 0) is 23.8 Å². The van der Waals surface area contributed by atoms with E-state index in [4.69, 9.17) is 4.74 Å². The lowest BCUT2D eigenvalue weighted by molar-refractivity contribution is -0.484. The highest BCUT2D eigenvalue weighted by Gasteiger charge is 2.41. The predicted molar refractivity (Wildman–Crippen MR) is 73.6 cm³/mol. The molecule has 5 nitrogen and oxygen atoms in total. The molecule has 1 heterocycles. The average Bonchev–Trinajstić information content (AvgIpc) is 2.77. The summed E-state index contributed by atoms with van der Waals surface area (Å²) in [5, 5.41) is 12.8. The molecule has 0 saturated carbocycles. The zero-order chi connectivity index (χ0) is 14.3. The molecule has 3 rings (SSSR count). The fraction of sp³-hybridized carbons (Fsp3) is 0.267. The average molecular weight is 271 g/mol. The Morgan fingerprint density at radius 3 is 2.75 bits per heavy atom. The molecule has 0 aromatic heterocycles. The van der Waals surface area contributed by atoms with Gasteiger partial charge in [0, 0.05) is 10.5 Å². The number of hydrogen-bond donors (Lipinski definition) is 0. The molecule has 0 N–H and O–H groups in total. The van der Waals surface area contributed by atoms with Gasteiger partial charge in [-0.2, -0.15) is 0 Å². The number of benzene rings is 2. The molecule has 0 bridgehead atoms. The van der Waals surface area contributed by atoms with Crippen LogP contribution < -0.4 is 4.74 Å². The van der Waals surface area contributed by atoms with Crippen LogP contribution in [-0.4, -0.2) is 23.4 Å². The number of nitro groups is 1. The lowest BCUT2D eigenvalue weighted by Crippen LogP contribution is -2.31. The summed E-state index contributed by atoms with van der Waals surface area (Å²) < 4.78 is 5.64. The molecule has 0 amide bonds. The largest absolute Gasteiger partial charge is 0.481 e. The summed E-state index contributed by atoms with van der Waals surface area (Å²) in [4.78, 5) is 22.2. The number of nitrogens with zero attached hydrogens (tertiary/aromatic N) is 1. The number of rotatable bonds is 3. The van der Waals surface area contributed by atoms with E-state index in [1.54, 1.807) is 6.07 Å². The highest BCUT2D eigenvalue weighted by molar-refractivity contribution is 5.92. The van der Waals surface area contributed by atoms with Crippen molar-refractivity contribution >= 4 is 16.6 Å². The molecule has 102 valence electrons. The van der Waals surface area contributed by atoms with Gasteiger partial charge in [0.05, 0.1) is 5.92 Å². The van der Waals surface area contributed by atoms with Crippen molar-refractivity contribution < 1.29 is 14.5 Å². The van der Waals surface area contributed by atoms with Crippen LogP contribution in [0.25, 0.3) is 10.8 Å². The summed E-state index contributed by atoms with van der Waals surface area (Å²) in [7, 11) is 0. The maximum Gasteiger partial charge on any atom is 0.214 e. The van der Waals surface area contributed by atoms with Crippen LogP contribution in [0.1, 0.15) is 18.4 Å². The van der Waals surface area contributed by atoms with Crippen molar-refractivity contribution in [3.8, 4) is 5.75 Å². The minimum atomic E-state index is -0.763. The smallest absolute Gasteiger partial charge is 0.214 e. The molecule has 0 unspecified atom stereocenters. The standard InChI is InChI=1S/C15H13NO4/c1-9(17)15-12(8-16(18)19)14-11-5-3-2-4-10(11)6-7-13(14)20-15/h2-7,12,15H,8H2,1H3/t12-,15+/m1/s1. The van der Waals surface area contributed by atoms with Crippen LogP contribution in [0.3, 0.4) is 0 Å². The Kier molecular flexibility index (Phi) is 2.89. The van der Waals surface area contributed by atoms with E-state index >= 15 is 0 Å². The summed E-state index contributed by atoms with van der Waals surface area (Å²) in [5.74, 6) is -0.128. The van der Waals surface area contributed by atoms with Gasteiger partial charge in [0.2, 0.25) is 6.54 Å². The lowest BCUT2D eigenvalue weighted by Gasteiger charge is -2.12. The third-order valence-electron chi connectivity index (χ3n) is 3.67. The van der Waals surface area contributed by atoms with E-state index in [9.17, 15) is 14.9 Å². The second kappa shape index (κ2) is 4.59. The van der Waals surface area contributed by atoms with Gasteiger partial charge in [-0.15, -0.1) is 0 Å². The zero-order valence-electron chi connectivity index (χ0n) is 10.9. The third-order valence-corrected chi connectivity index (χ3v) is 3.67. The number of carbonyl (C=O) groups excluding carboxylic acids is 1. The van der Waals surface area contributed by atoms with Gasteiger partial charge in [-0.1, -0.05) is 30.3 Å². The van der Waals surface area contributed by atoms with Crippen LogP contribution in [-0.2, 0) is 4.79 Å².